The molecule has 0 atom stereocenters. The van der Waals surface area contributed by atoms with Crippen LogP contribution in [-0.2, 0) is 31.0 Å². The number of sulfonamides is 1. The standard InChI is InChI=1S/C20H25N3O5S2/c1-3-23(15(2)24)20-21-17(14-29-20)13-28-19(25)16-9-11-22(12-10-16)30(26,27)18-7-5-4-6-8-18/h4-8,14,16H,3,9-13H2,1-2H3. The van der Waals surface area contributed by atoms with Crippen LogP contribution >= 0.6 is 11.3 Å². The third-order valence-corrected chi connectivity index (χ3v) is 7.82. The number of piperidine rings is 1. The number of esters is 1. The summed E-state index contributed by atoms with van der Waals surface area (Å²) in [7, 11) is -3.54. The predicted octanol–water partition coefficient (Wildman–Crippen LogP) is 2.66. The molecule has 162 valence electrons. The first kappa shape index (κ1) is 22.4. The van der Waals surface area contributed by atoms with Crippen LogP contribution in [0, 0.1) is 5.92 Å². The Morgan fingerprint density at radius 1 is 1.23 bits per heavy atom. The zero-order chi connectivity index (χ0) is 21.7. The fourth-order valence-electron chi connectivity index (χ4n) is 3.32. The van der Waals surface area contributed by atoms with Crippen LogP contribution in [0.15, 0.2) is 40.6 Å². The van der Waals surface area contributed by atoms with Crippen molar-refractivity contribution in [1.29, 1.82) is 0 Å². The molecule has 0 radical (unpaired) electrons. The quantitative estimate of drug-likeness (QED) is 0.601. The Hall–Kier alpha value is -2.30. The number of hydrogen-bond acceptors (Lipinski definition) is 7. The first-order valence-corrected chi connectivity index (χ1v) is 12.1. The molecule has 0 N–H and O–H groups in total. The third kappa shape index (κ3) is 5.05. The minimum Gasteiger partial charge on any atom is -0.459 e. The van der Waals surface area contributed by atoms with Crippen molar-refractivity contribution in [1.82, 2.24) is 9.29 Å². The van der Waals surface area contributed by atoms with Crippen LogP contribution in [0.3, 0.4) is 0 Å². The van der Waals surface area contributed by atoms with Gasteiger partial charge in [-0.05, 0) is 31.9 Å². The molecule has 1 aliphatic rings. The molecule has 1 amide bonds. The second kappa shape index (κ2) is 9.67. The molecule has 8 nitrogen and oxygen atoms in total. The van der Waals surface area contributed by atoms with Crippen LogP contribution in [0.25, 0.3) is 0 Å². The molecule has 1 aromatic carbocycles. The number of thiazole rings is 1. The Bertz CT molecular complexity index is 983. The second-order valence-corrected chi connectivity index (χ2v) is 9.76. The Kier molecular flexibility index (Phi) is 7.22. The summed E-state index contributed by atoms with van der Waals surface area (Å²) in [5, 5.41) is 2.35. The number of aromatic nitrogens is 1. The molecular weight excluding hydrogens is 426 g/mol. The van der Waals surface area contributed by atoms with Gasteiger partial charge in [0.25, 0.3) is 0 Å². The average molecular weight is 452 g/mol. The second-order valence-electron chi connectivity index (χ2n) is 6.98. The lowest BCUT2D eigenvalue weighted by molar-refractivity contribution is -0.151. The number of carbonyl (C=O) groups excluding carboxylic acids is 2. The van der Waals surface area contributed by atoms with Crippen LogP contribution in [0.1, 0.15) is 32.4 Å². The van der Waals surface area contributed by atoms with Crippen LogP contribution in [0.4, 0.5) is 5.13 Å². The van der Waals surface area contributed by atoms with Gasteiger partial charge in [0, 0.05) is 31.9 Å². The largest absolute Gasteiger partial charge is 0.459 e. The van der Waals surface area contributed by atoms with Gasteiger partial charge in [-0.15, -0.1) is 11.3 Å². The summed E-state index contributed by atoms with van der Waals surface area (Å²) in [6.45, 7) is 4.46. The summed E-state index contributed by atoms with van der Waals surface area (Å²) in [5.41, 5.74) is 0.590. The molecule has 2 aromatic rings. The van der Waals surface area contributed by atoms with Crippen molar-refractivity contribution in [2.45, 2.75) is 38.2 Å². The van der Waals surface area contributed by atoms with Gasteiger partial charge < -0.3 is 4.74 Å². The lowest BCUT2D eigenvalue weighted by Gasteiger charge is -2.30. The lowest BCUT2D eigenvalue weighted by atomic mass is 9.98. The van der Waals surface area contributed by atoms with E-state index < -0.39 is 10.0 Å². The SMILES string of the molecule is CCN(C(C)=O)c1nc(COC(=O)C2CCN(S(=O)(=O)c3ccccc3)CC2)cs1. The van der Waals surface area contributed by atoms with Gasteiger partial charge in [-0.25, -0.2) is 13.4 Å². The van der Waals surface area contributed by atoms with Gasteiger partial charge in [0.05, 0.1) is 16.5 Å². The van der Waals surface area contributed by atoms with E-state index in [1.165, 1.54) is 22.6 Å². The van der Waals surface area contributed by atoms with E-state index in [4.69, 9.17) is 4.74 Å². The fourth-order valence-corrected chi connectivity index (χ4v) is 5.72. The van der Waals surface area contributed by atoms with Crippen molar-refractivity contribution < 1.29 is 22.7 Å². The van der Waals surface area contributed by atoms with E-state index in [0.29, 0.717) is 30.2 Å². The van der Waals surface area contributed by atoms with E-state index in [-0.39, 0.29) is 42.4 Å². The Morgan fingerprint density at radius 3 is 2.50 bits per heavy atom. The number of ether oxygens (including phenoxy) is 1. The minimum absolute atomic E-state index is 0.0350. The normalized spacial score (nSPS) is 15.7. The summed E-state index contributed by atoms with van der Waals surface area (Å²) >= 11 is 1.33. The molecule has 0 saturated carbocycles. The van der Waals surface area contributed by atoms with E-state index >= 15 is 0 Å². The maximum atomic E-state index is 12.7. The van der Waals surface area contributed by atoms with E-state index in [1.54, 1.807) is 40.6 Å². The molecular formula is C20H25N3O5S2. The zero-order valence-electron chi connectivity index (χ0n) is 17.0. The molecule has 1 aromatic heterocycles. The molecule has 3 rings (SSSR count). The van der Waals surface area contributed by atoms with Crippen LogP contribution in [0.5, 0.6) is 0 Å². The number of nitrogens with zero attached hydrogens (tertiary/aromatic N) is 3. The van der Waals surface area contributed by atoms with Crippen molar-refractivity contribution in [3.63, 3.8) is 0 Å². The van der Waals surface area contributed by atoms with Crippen LogP contribution < -0.4 is 4.90 Å². The van der Waals surface area contributed by atoms with E-state index in [1.807, 2.05) is 6.92 Å². The molecule has 1 saturated heterocycles. The molecule has 0 aliphatic carbocycles. The summed E-state index contributed by atoms with van der Waals surface area (Å²) in [5.74, 6) is -0.775. The monoisotopic (exact) mass is 451 g/mol. The molecule has 30 heavy (non-hydrogen) atoms. The first-order valence-electron chi connectivity index (χ1n) is 9.77. The lowest BCUT2D eigenvalue weighted by Crippen LogP contribution is -2.40. The third-order valence-electron chi connectivity index (χ3n) is 5.00. The Morgan fingerprint density at radius 2 is 1.90 bits per heavy atom. The van der Waals surface area contributed by atoms with Crippen molar-refractivity contribution in [2.24, 2.45) is 5.92 Å². The number of hydrogen-bond donors (Lipinski definition) is 0. The van der Waals surface area contributed by atoms with Gasteiger partial charge in [0.15, 0.2) is 5.13 Å². The topological polar surface area (TPSA) is 96.9 Å². The number of benzene rings is 1. The smallest absolute Gasteiger partial charge is 0.309 e. The summed E-state index contributed by atoms with van der Waals surface area (Å²) in [4.78, 5) is 30.2. The van der Waals surface area contributed by atoms with Crippen molar-refractivity contribution >= 4 is 38.4 Å². The van der Waals surface area contributed by atoms with Gasteiger partial charge in [0.1, 0.15) is 6.61 Å². The fraction of sp³-hybridized carbons (Fsp3) is 0.450. The van der Waals surface area contributed by atoms with Crippen LogP contribution in [0.2, 0.25) is 0 Å². The maximum Gasteiger partial charge on any atom is 0.309 e. The number of anilines is 1. The highest BCUT2D eigenvalue weighted by Crippen LogP contribution is 2.25. The summed E-state index contributed by atoms with van der Waals surface area (Å²) in [6, 6.07) is 8.30. The molecule has 0 unspecified atom stereocenters. The zero-order valence-corrected chi connectivity index (χ0v) is 18.6. The summed E-state index contributed by atoms with van der Waals surface area (Å²) in [6.07, 6.45) is 0.836. The minimum atomic E-state index is -3.54. The molecule has 0 bridgehead atoms. The van der Waals surface area contributed by atoms with E-state index in [9.17, 15) is 18.0 Å². The molecule has 1 aliphatic heterocycles. The van der Waals surface area contributed by atoms with Crippen molar-refractivity contribution in [3.05, 3.63) is 41.4 Å². The number of amides is 1. The highest BCUT2D eigenvalue weighted by molar-refractivity contribution is 7.89. The Balaban J connectivity index is 1.51. The average Bonchev–Trinajstić information content (AvgIpc) is 3.21. The van der Waals surface area contributed by atoms with Crippen molar-refractivity contribution in [2.75, 3.05) is 24.5 Å². The predicted molar refractivity (Wildman–Crippen MR) is 114 cm³/mol. The number of rotatable bonds is 7. The Labute approximate surface area is 180 Å². The van der Waals surface area contributed by atoms with Gasteiger partial charge in [-0.3, -0.25) is 14.5 Å². The van der Waals surface area contributed by atoms with E-state index in [2.05, 4.69) is 4.98 Å². The highest BCUT2D eigenvalue weighted by atomic mass is 32.2. The summed E-state index contributed by atoms with van der Waals surface area (Å²) < 4.78 is 32.2. The molecule has 10 heteroatoms. The highest BCUT2D eigenvalue weighted by Gasteiger charge is 2.32. The maximum absolute atomic E-state index is 12.7. The molecule has 0 spiro atoms. The van der Waals surface area contributed by atoms with Gasteiger partial charge >= 0.3 is 5.97 Å². The van der Waals surface area contributed by atoms with Gasteiger partial charge in [-0.1, -0.05) is 18.2 Å². The first-order chi connectivity index (χ1) is 14.3. The van der Waals surface area contributed by atoms with Gasteiger partial charge in [0.2, 0.25) is 15.9 Å². The number of carbonyl (C=O) groups is 2. The van der Waals surface area contributed by atoms with Crippen LogP contribution in [-0.4, -0.2) is 49.2 Å². The van der Waals surface area contributed by atoms with Crippen molar-refractivity contribution in [3.8, 4) is 0 Å². The molecule has 2 heterocycles. The molecule has 1 fully saturated rings. The van der Waals surface area contributed by atoms with Gasteiger partial charge in [-0.2, -0.15) is 4.31 Å². The van der Waals surface area contributed by atoms with E-state index in [0.717, 1.165) is 0 Å².